The van der Waals surface area contributed by atoms with Crippen molar-refractivity contribution >= 4 is 5.69 Å². The first-order valence-corrected chi connectivity index (χ1v) is 5.90. The van der Waals surface area contributed by atoms with Gasteiger partial charge in [0.2, 0.25) is 0 Å². The highest BCUT2D eigenvalue weighted by Gasteiger charge is 1.98. The molecule has 0 heterocycles. The predicted octanol–water partition coefficient (Wildman–Crippen LogP) is 4.01. The van der Waals surface area contributed by atoms with Crippen LogP contribution in [0.25, 0.3) is 0 Å². The molecule has 0 bridgehead atoms. The van der Waals surface area contributed by atoms with E-state index in [4.69, 9.17) is 10.5 Å². The van der Waals surface area contributed by atoms with Gasteiger partial charge in [0.25, 0.3) is 0 Å². The summed E-state index contributed by atoms with van der Waals surface area (Å²) < 4.78 is 5.71. The molecule has 88 valence electrons. The molecular formula is C15H17NO. The van der Waals surface area contributed by atoms with Gasteiger partial charge in [0.15, 0.2) is 0 Å². The Bertz CT molecular complexity index is 477. The monoisotopic (exact) mass is 227 g/mol. The molecule has 0 amide bonds. The van der Waals surface area contributed by atoms with Crippen LogP contribution >= 0.6 is 0 Å². The van der Waals surface area contributed by atoms with Crippen molar-refractivity contribution in [3.8, 4) is 11.5 Å². The van der Waals surface area contributed by atoms with Gasteiger partial charge in [-0.05, 0) is 36.2 Å². The van der Waals surface area contributed by atoms with E-state index in [1.165, 1.54) is 5.56 Å². The number of anilines is 1. The lowest BCUT2D eigenvalue weighted by Gasteiger charge is -2.07. The smallest absolute Gasteiger partial charge is 0.129 e. The molecule has 2 aromatic rings. The van der Waals surface area contributed by atoms with Crippen LogP contribution in [0.1, 0.15) is 18.9 Å². The molecule has 17 heavy (non-hydrogen) atoms. The highest BCUT2D eigenvalue weighted by Crippen LogP contribution is 2.23. The van der Waals surface area contributed by atoms with Crippen LogP contribution in [-0.4, -0.2) is 0 Å². The van der Waals surface area contributed by atoms with Crippen LogP contribution in [0.15, 0.2) is 48.5 Å². The molecule has 0 aliphatic heterocycles. The van der Waals surface area contributed by atoms with E-state index in [0.29, 0.717) is 5.69 Å². The second-order valence-corrected chi connectivity index (χ2v) is 4.07. The number of aryl methyl sites for hydroxylation is 1. The summed E-state index contributed by atoms with van der Waals surface area (Å²) >= 11 is 0. The van der Waals surface area contributed by atoms with Crippen molar-refractivity contribution in [3.05, 3.63) is 54.1 Å². The molecule has 2 nitrogen and oxygen atoms in total. The van der Waals surface area contributed by atoms with Gasteiger partial charge >= 0.3 is 0 Å². The van der Waals surface area contributed by atoms with E-state index in [2.05, 4.69) is 19.1 Å². The number of hydrogen-bond acceptors (Lipinski definition) is 2. The van der Waals surface area contributed by atoms with Gasteiger partial charge < -0.3 is 10.5 Å². The fraction of sp³-hybridized carbons (Fsp3) is 0.200. The van der Waals surface area contributed by atoms with E-state index < -0.39 is 0 Å². The van der Waals surface area contributed by atoms with Gasteiger partial charge in [-0.25, -0.2) is 0 Å². The van der Waals surface area contributed by atoms with Crippen LogP contribution in [-0.2, 0) is 6.42 Å². The fourth-order valence-corrected chi connectivity index (χ4v) is 1.73. The highest BCUT2D eigenvalue weighted by molar-refractivity contribution is 5.45. The summed E-state index contributed by atoms with van der Waals surface area (Å²) in [4.78, 5) is 0. The first-order chi connectivity index (χ1) is 8.28. The van der Waals surface area contributed by atoms with E-state index >= 15 is 0 Å². The molecule has 2 N–H and O–H groups in total. The van der Waals surface area contributed by atoms with Gasteiger partial charge in [-0.2, -0.15) is 0 Å². The van der Waals surface area contributed by atoms with E-state index in [1.54, 1.807) is 0 Å². The molecule has 0 saturated carbocycles. The third-order valence-electron chi connectivity index (χ3n) is 2.56. The third kappa shape index (κ3) is 3.25. The average Bonchev–Trinajstić information content (AvgIpc) is 2.32. The second-order valence-electron chi connectivity index (χ2n) is 4.07. The van der Waals surface area contributed by atoms with Crippen molar-refractivity contribution in [2.45, 2.75) is 19.8 Å². The summed E-state index contributed by atoms with van der Waals surface area (Å²) in [5, 5.41) is 0. The Morgan fingerprint density at radius 1 is 1.00 bits per heavy atom. The van der Waals surface area contributed by atoms with E-state index in [9.17, 15) is 0 Å². The molecule has 0 unspecified atom stereocenters. The lowest BCUT2D eigenvalue weighted by atomic mass is 10.1. The van der Waals surface area contributed by atoms with Crippen molar-refractivity contribution < 1.29 is 4.74 Å². The molecular weight excluding hydrogens is 210 g/mol. The Morgan fingerprint density at radius 2 is 1.76 bits per heavy atom. The minimum absolute atomic E-state index is 0.713. The van der Waals surface area contributed by atoms with Crippen molar-refractivity contribution in [1.29, 1.82) is 0 Å². The van der Waals surface area contributed by atoms with E-state index in [1.807, 2.05) is 36.4 Å². The van der Waals surface area contributed by atoms with Crippen molar-refractivity contribution in [2.75, 3.05) is 5.73 Å². The quantitative estimate of drug-likeness (QED) is 0.801. The zero-order valence-corrected chi connectivity index (χ0v) is 10.0. The van der Waals surface area contributed by atoms with Gasteiger partial charge in [0, 0.05) is 11.8 Å². The van der Waals surface area contributed by atoms with Crippen molar-refractivity contribution in [3.63, 3.8) is 0 Å². The SMILES string of the molecule is CCCc1ccc(Oc2cccc(N)c2)cc1. The minimum Gasteiger partial charge on any atom is -0.457 e. The van der Waals surface area contributed by atoms with E-state index in [0.717, 1.165) is 24.3 Å². The molecule has 0 radical (unpaired) electrons. The number of hydrogen-bond donors (Lipinski definition) is 1. The second kappa shape index (κ2) is 5.39. The topological polar surface area (TPSA) is 35.2 Å². The summed E-state index contributed by atoms with van der Waals surface area (Å²) in [6.07, 6.45) is 2.27. The maximum absolute atomic E-state index is 5.71. The largest absolute Gasteiger partial charge is 0.457 e. The molecule has 0 aliphatic carbocycles. The molecule has 0 saturated heterocycles. The average molecular weight is 227 g/mol. The molecule has 0 spiro atoms. The summed E-state index contributed by atoms with van der Waals surface area (Å²) in [6.45, 7) is 2.18. The molecule has 2 heteroatoms. The normalized spacial score (nSPS) is 10.2. The number of nitrogens with two attached hydrogens (primary N) is 1. The molecule has 0 aromatic heterocycles. The Hall–Kier alpha value is -1.96. The summed E-state index contributed by atoms with van der Waals surface area (Å²) in [5.74, 6) is 1.61. The molecule has 2 aromatic carbocycles. The Morgan fingerprint density at radius 3 is 2.41 bits per heavy atom. The lowest BCUT2D eigenvalue weighted by Crippen LogP contribution is -1.88. The Kier molecular flexibility index (Phi) is 3.66. The highest BCUT2D eigenvalue weighted by atomic mass is 16.5. The molecule has 2 rings (SSSR count). The maximum atomic E-state index is 5.71. The molecule has 0 aliphatic rings. The van der Waals surface area contributed by atoms with Gasteiger partial charge in [-0.3, -0.25) is 0 Å². The first-order valence-electron chi connectivity index (χ1n) is 5.90. The van der Waals surface area contributed by atoms with Crippen LogP contribution in [0.2, 0.25) is 0 Å². The van der Waals surface area contributed by atoms with Gasteiger partial charge in [-0.15, -0.1) is 0 Å². The van der Waals surface area contributed by atoms with Crippen molar-refractivity contribution in [1.82, 2.24) is 0 Å². The zero-order chi connectivity index (χ0) is 12.1. The van der Waals surface area contributed by atoms with Crippen LogP contribution in [0, 0.1) is 0 Å². The fourth-order valence-electron chi connectivity index (χ4n) is 1.73. The number of benzene rings is 2. The van der Waals surface area contributed by atoms with Crippen LogP contribution in [0.5, 0.6) is 11.5 Å². The molecule has 0 atom stereocenters. The van der Waals surface area contributed by atoms with Gasteiger partial charge in [-0.1, -0.05) is 31.5 Å². The number of ether oxygens (including phenoxy) is 1. The van der Waals surface area contributed by atoms with Crippen molar-refractivity contribution in [2.24, 2.45) is 0 Å². The molecule has 0 fully saturated rings. The summed E-state index contributed by atoms with van der Waals surface area (Å²) in [5.41, 5.74) is 7.75. The lowest BCUT2D eigenvalue weighted by molar-refractivity contribution is 0.483. The van der Waals surface area contributed by atoms with Gasteiger partial charge in [0.05, 0.1) is 0 Å². The summed E-state index contributed by atoms with van der Waals surface area (Å²) in [7, 11) is 0. The maximum Gasteiger partial charge on any atom is 0.129 e. The first kappa shape index (κ1) is 11.5. The number of rotatable bonds is 4. The van der Waals surface area contributed by atoms with Crippen LogP contribution in [0.4, 0.5) is 5.69 Å². The van der Waals surface area contributed by atoms with E-state index in [-0.39, 0.29) is 0 Å². The number of nitrogen functional groups attached to an aromatic ring is 1. The van der Waals surface area contributed by atoms with Crippen LogP contribution in [0.3, 0.4) is 0 Å². The zero-order valence-electron chi connectivity index (χ0n) is 10.0. The Labute approximate surface area is 102 Å². The predicted molar refractivity (Wildman–Crippen MR) is 71.4 cm³/mol. The standard InChI is InChI=1S/C15H17NO/c1-2-4-12-7-9-14(10-8-12)17-15-6-3-5-13(16)11-15/h3,5-11H,2,4,16H2,1H3. The minimum atomic E-state index is 0.713. The Balaban J connectivity index is 2.08. The summed E-state index contributed by atoms with van der Waals surface area (Å²) in [6, 6.07) is 15.6. The third-order valence-corrected chi connectivity index (χ3v) is 2.56. The van der Waals surface area contributed by atoms with Gasteiger partial charge in [0.1, 0.15) is 11.5 Å². The van der Waals surface area contributed by atoms with Crippen LogP contribution < -0.4 is 10.5 Å².